The van der Waals surface area contributed by atoms with Crippen molar-refractivity contribution in [2.45, 2.75) is 13.5 Å². The Balaban J connectivity index is 1.74. The van der Waals surface area contributed by atoms with Gasteiger partial charge in [0.2, 0.25) is 0 Å². The third kappa shape index (κ3) is 4.25. The van der Waals surface area contributed by atoms with E-state index in [0.717, 1.165) is 5.56 Å². The summed E-state index contributed by atoms with van der Waals surface area (Å²) in [5, 5.41) is 2.66. The fourth-order valence-corrected chi connectivity index (χ4v) is 2.39. The first kappa shape index (κ1) is 17.6. The lowest BCUT2D eigenvalue weighted by molar-refractivity contribution is 0.102. The van der Waals surface area contributed by atoms with Crippen LogP contribution < -0.4 is 10.1 Å². The van der Waals surface area contributed by atoms with E-state index < -0.39 is 5.91 Å². The van der Waals surface area contributed by atoms with Crippen molar-refractivity contribution in [1.82, 2.24) is 0 Å². The fraction of sp³-hybridized carbons (Fsp3) is 0.0952. The van der Waals surface area contributed by atoms with Gasteiger partial charge >= 0.3 is 0 Å². The minimum absolute atomic E-state index is 0.198. The number of hydrogen-bond acceptors (Lipinski definition) is 2. The molecule has 3 aromatic rings. The zero-order valence-electron chi connectivity index (χ0n) is 14.1. The maximum absolute atomic E-state index is 13.6. The lowest BCUT2D eigenvalue weighted by atomic mass is 10.1. The number of halogens is 2. The van der Waals surface area contributed by atoms with Crippen LogP contribution in [0.1, 0.15) is 21.5 Å². The molecule has 0 spiro atoms. The quantitative estimate of drug-likeness (QED) is 0.693. The fourth-order valence-electron chi connectivity index (χ4n) is 2.39. The highest BCUT2D eigenvalue weighted by atomic mass is 19.1. The second-order valence-electron chi connectivity index (χ2n) is 5.83. The molecule has 132 valence electrons. The number of ether oxygens (including phenoxy) is 1. The van der Waals surface area contributed by atoms with Gasteiger partial charge in [-0.25, -0.2) is 8.78 Å². The molecule has 0 aromatic heterocycles. The first-order chi connectivity index (χ1) is 12.5. The molecule has 3 nitrogen and oxygen atoms in total. The van der Waals surface area contributed by atoms with E-state index >= 15 is 0 Å². The van der Waals surface area contributed by atoms with E-state index in [1.165, 1.54) is 18.2 Å². The number of rotatable bonds is 5. The van der Waals surface area contributed by atoms with Crippen LogP contribution in [0, 0.1) is 18.6 Å². The van der Waals surface area contributed by atoms with Gasteiger partial charge in [0.05, 0.1) is 5.56 Å². The molecule has 0 unspecified atom stereocenters. The summed E-state index contributed by atoms with van der Waals surface area (Å²) in [5.41, 5.74) is 1.98. The van der Waals surface area contributed by atoms with Gasteiger partial charge in [0.15, 0.2) is 0 Å². The average Bonchev–Trinajstić information content (AvgIpc) is 2.64. The Bertz CT molecular complexity index is 924. The molecule has 0 saturated carbocycles. The van der Waals surface area contributed by atoms with Crippen LogP contribution in [-0.4, -0.2) is 5.91 Å². The van der Waals surface area contributed by atoms with Crippen molar-refractivity contribution in [3.63, 3.8) is 0 Å². The first-order valence-corrected chi connectivity index (χ1v) is 8.07. The van der Waals surface area contributed by atoms with Gasteiger partial charge in [-0.05, 0) is 54.4 Å². The molecule has 1 N–H and O–H groups in total. The Hall–Kier alpha value is -3.21. The lowest BCUT2D eigenvalue weighted by Crippen LogP contribution is -2.14. The Morgan fingerprint density at radius 2 is 1.73 bits per heavy atom. The van der Waals surface area contributed by atoms with Gasteiger partial charge in [0.25, 0.3) is 5.91 Å². The monoisotopic (exact) mass is 353 g/mol. The Morgan fingerprint density at radius 3 is 2.46 bits per heavy atom. The minimum Gasteiger partial charge on any atom is -0.488 e. The second kappa shape index (κ2) is 7.78. The van der Waals surface area contributed by atoms with E-state index in [2.05, 4.69) is 5.32 Å². The highest BCUT2D eigenvalue weighted by molar-refractivity contribution is 6.06. The summed E-state index contributed by atoms with van der Waals surface area (Å²) in [7, 11) is 0. The lowest BCUT2D eigenvalue weighted by Gasteiger charge is -2.12. The van der Waals surface area contributed by atoms with E-state index in [9.17, 15) is 13.6 Å². The maximum Gasteiger partial charge on any atom is 0.259 e. The van der Waals surface area contributed by atoms with Crippen LogP contribution in [0.2, 0.25) is 0 Å². The molecule has 0 aliphatic rings. The molecule has 5 heteroatoms. The highest BCUT2D eigenvalue weighted by Crippen LogP contribution is 2.22. The van der Waals surface area contributed by atoms with Crippen molar-refractivity contribution in [1.29, 1.82) is 0 Å². The smallest absolute Gasteiger partial charge is 0.259 e. The van der Waals surface area contributed by atoms with Crippen molar-refractivity contribution in [2.75, 3.05) is 5.32 Å². The summed E-state index contributed by atoms with van der Waals surface area (Å²) in [6, 6.07) is 17.2. The summed E-state index contributed by atoms with van der Waals surface area (Å²) in [6.45, 7) is 1.85. The third-order valence-corrected chi connectivity index (χ3v) is 3.87. The molecular formula is C21H17F2NO2. The number of carbonyl (C=O) groups is 1. The summed E-state index contributed by atoms with van der Waals surface area (Å²) < 4.78 is 32.3. The Kier molecular flexibility index (Phi) is 5.27. The van der Waals surface area contributed by atoms with Gasteiger partial charge in [-0.1, -0.05) is 30.3 Å². The minimum atomic E-state index is -0.400. The molecule has 0 aliphatic carbocycles. The summed E-state index contributed by atoms with van der Waals surface area (Å²) in [6.07, 6.45) is 0. The zero-order valence-corrected chi connectivity index (χ0v) is 14.1. The second-order valence-corrected chi connectivity index (χ2v) is 5.83. The number of amides is 1. The number of anilines is 1. The van der Waals surface area contributed by atoms with Crippen LogP contribution in [0.5, 0.6) is 5.75 Å². The van der Waals surface area contributed by atoms with E-state index in [1.54, 1.807) is 55.5 Å². The maximum atomic E-state index is 13.6. The zero-order chi connectivity index (χ0) is 18.5. The number of hydrogen-bond donors (Lipinski definition) is 1. The van der Waals surface area contributed by atoms with Crippen LogP contribution in [0.4, 0.5) is 14.5 Å². The normalized spacial score (nSPS) is 10.4. The van der Waals surface area contributed by atoms with E-state index in [0.29, 0.717) is 22.6 Å². The SMILES string of the molecule is Cc1ccc(NC(=O)c2ccccc2OCc2ccc(F)cc2)cc1F. The standard InChI is InChI=1S/C21H17F2NO2/c1-14-6-11-17(12-19(14)23)24-21(25)18-4-2-3-5-20(18)26-13-15-7-9-16(22)10-8-15/h2-12H,13H2,1H3,(H,24,25). The van der Waals surface area contributed by atoms with E-state index in [-0.39, 0.29) is 18.2 Å². The van der Waals surface area contributed by atoms with Gasteiger partial charge in [0, 0.05) is 5.69 Å². The van der Waals surface area contributed by atoms with Crippen molar-refractivity contribution in [3.05, 3.63) is 95.1 Å². The summed E-state index contributed by atoms with van der Waals surface area (Å²) >= 11 is 0. The molecule has 0 saturated heterocycles. The van der Waals surface area contributed by atoms with Gasteiger partial charge in [-0.2, -0.15) is 0 Å². The number of carbonyl (C=O) groups excluding carboxylic acids is 1. The van der Waals surface area contributed by atoms with Crippen molar-refractivity contribution in [3.8, 4) is 5.75 Å². The topological polar surface area (TPSA) is 38.3 Å². The van der Waals surface area contributed by atoms with E-state index in [4.69, 9.17) is 4.74 Å². The van der Waals surface area contributed by atoms with Gasteiger partial charge in [0.1, 0.15) is 24.0 Å². The first-order valence-electron chi connectivity index (χ1n) is 8.07. The molecule has 0 aliphatic heterocycles. The molecule has 3 rings (SSSR count). The molecule has 3 aromatic carbocycles. The largest absolute Gasteiger partial charge is 0.488 e. The van der Waals surface area contributed by atoms with Crippen molar-refractivity contribution >= 4 is 11.6 Å². The van der Waals surface area contributed by atoms with Crippen LogP contribution in [0.25, 0.3) is 0 Å². The molecule has 26 heavy (non-hydrogen) atoms. The van der Waals surface area contributed by atoms with Crippen molar-refractivity contribution in [2.24, 2.45) is 0 Å². The van der Waals surface area contributed by atoms with Gasteiger partial charge in [-0.3, -0.25) is 4.79 Å². The van der Waals surface area contributed by atoms with E-state index in [1.807, 2.05) is 0 Å². The van der Waals surface area contributed by atoms with Gasteiger partial charge < -0.3 is 10.1 Å². The van der Waals surface area contributed by atoms with Crippen LogP contribution >= 0.6 is 0 Å². The Labute approximate surface area is 150 Å². The molecule has 0 heterocycles. The van der Waals surface area contributed by atoms with Crippen LogP contribution in [-0.2, 0) is 6.61 Å². The molecular weight excluding hydrogens is 336 g/mol. The van der Waals surface area contributed by atoms with Gasteiger partial charge in [-0.15, -0.1) is 0 Å². The highest BCUT2D eigenvalue weighted by Gasteiger charge is 2.13. The predicted octanol–water partition coefficient (Wildman–Crippen LogP) is 5.10. The molecule has 0 bridgehead atoms. The molecule has 0 fully saturated rings. The third-order valence-electron chi connectivity index (χ3n) is 3.87. The number of nitrogens with one attached hydrogen (secondary N) is 1. The van der Waals surface area contributed by atoms with Crippen LogP contribution in [0.3, 0.4) is 0 Å². The molecule has 1 amide bonds. The molecule has 0 atom stereocenters. The van der Waals surface area contributed by atoms with Crippen LogP contribution in [0.15, 0.2) is 66.7 Å². The average molecular weight is 353 g/mol. The number of para-hydroxylation sites is 1. The summed E-state index contributed by atoms with van der Waals surface area (Å²) in [5.74, 6) is -0.715. The molecule has 0 radical (unpaired) electrons. The summed E-state index contributed by atoms with van der Waals surface area (Å²) in [4.78, 5) is 12.5. The number of benzene rings is 3. The number of aryl methyl sites for hydroxylation is 1. The predicted molar refractivity (Wildman–Crippen MR) is 96.3 cm³/mol. The Morgan fingerprint density at radius 1 is 1.00 bits per heavy atom. The van der Waals surface area contributed by atoms with Crippen molar-refractivity contribution < 1.29 is 18.3 Å².